The number of methoxy groups -OCH3 is 2. The summed E-state index contributed by atoms with van der Waals surface area (Å²) in [5.74, 6) is 0.436. The molecule has 33 heavy (non-hydrogen) atoms. The second-order valence-corrected chi connectivity index (χ2v) is 8.44. The zero-order valence-corrected chi connectivity index (χ0v) is 19.8. The minimum Gasteiger partial charge on any atom is -0.493 e. The highest BCUT2D eigenvalue weighted by atomic mass is 16.5. The highest BCUT2D eigenvalue weighted by Gasteiger charge is 2.43. The molecule has 0 aromatic heterocycles. The summed E-state index contributed by atoms with van der Waals surface area (Å²) < 4.78 is 10.8. The third kappa shape index (κ3) is 4.14. The Morgan fingerprint density at radius 2 is 1.55 bits per heavy atom. The van der Waals surface area contributed by atoms with Gasteiger partial charge in [0.1, 0.15) is 5.70 Å². The van der Waals surface area contributed by atoms with Gasteiger partial charge in [0, 0.05) is 46.0 Å². The number of imide groups is 1. The largest absolute Gasteiger partial charge is 0.493 e. The first kappa shape index (κ1) is 22.7. The van der Waals surface area contributed by atoms with Crippen molar-refractivity contribution in [2.75, 3.05) is 71.3 Å². The molecule has 8 heteroatoms. The van der Waals surface area contributed by atoms with Crippen LogP contribution >= 0.6 is 0 Å². The fourth-order valence-corrected chi connectivity index (χ4v) is 4.24. The highest BCUT2D eigenvalue weighted by molar-refractivity contribution is 6.45. The number of piperazine rings is 1. The number of carbonyl (C=O) groups excluding carboxylic acids is 2. The van der Waals surface area contributed by atoms with Crippen molar-refractivity contribution in [1.29, 1.82) is 0 Å². The van der Waals surface area contributed by atoms with E-state index in [2.05, 4.69) is 11.9 Å². The lowest BCUT2D eigenvalue weighted by atomic mass is 10.0. The molecule has 1 fully saturated rings. The topological polar surface area (TPSA) is 65.6 Å². The van der Waals surface area contributed by atoms with Crippen LogP contribution < -0.4 is 19.3 Å². The number of hydrogen-bond donors (Lipinski definition) is 0. The number of rotatable bonds is 6. The van der Waals surface area contributed by atoms with Gasteiger partial charge >= 0.3 is 0 Å². The summed E-state index contributed by atoms with van der Waals surface area (Å²) in [6.07, 6.45) is 0. The number of amides is 2. The Balaban J connectivity index is 1.83. The zero-order valence-electron chi connectivity index (χ0n) is 19.8. The van der Waals surface area contributed by atoms with Crippen molar-refractivity contribution in [3.05, 3.63) is 53.7 Å². The van der Waals surface area contributed by atoms with Crippen LogP contribution in [0.4, 0.5) is 11.4 Å². The molecule has 2 aliphatic rings. The standard InChI is InChI=1S/C25H30N4O4/c1-26(2)18-7-6-8-19(16-18)29-24(30)22(17-9-10-20(32-4)21(15-17)33-5)23(25(29)31)28-13-11-27(3)12-14-28/h6-10,15-16H,11-14H2,1-5H3. The van der Waals surface area contributed by atoms with Crippen molar-refractivity contribution in [2.24, 2.45) is 0 Å². The molecule has 4 rings (SSSR count). The van der Waals surface area contributed by atoms with E-state index in [1.165, 1.54) is 4.90 Å². The second kappa shape index (κ2) is 9.15. The molecule has 0 spiro atoms. The normalized spacial score (nSPS) is 17.1. The summed E-state index contributed by atoms with van der Waals surface area (Å²) in [4.78, 5) is 35.0. The van der Waals surface area contributed by atoms with Crippen LogP contribution in [-0.2, 0) is 9.59 Å². The van der Waals surface area contributed by atoms with Gasteiger partial charge in [-0.2, -0.15) is 0 Å². The molecule has 0 unspecified atom stereocenters. The fourth-order valence-electron chi connectivity index (χ4n) is 4.24. The number of carbonyl (C=O) groups is 2. The van der Waals surface area contributed by atoms with Crippen LogP contribution in [0.2, 0.25) is 0 Å². The van der Waals surface area contributed by atoms with Crippen LogP contribution in [0.1, 0.15) is 5.56 Å². The van der Waals surface area contributed by atoms with Crippen molar-refractivity contribution < 1.29 is 19.1 Å². The van der Waals surface area contributed by atoms with Gasteiger partial charge < -0.3 is 24.2 Å². The maximum Gasteiger partial charge on any atom is 0.282 e. The average Bonchev–Trinajstić information content (AvgIpc) is 3.09. The number of hydrogen-bond acceptors (Lipinski definition) is 7. The quantitative estimate of drug-likeness (QED) is 0.626. The zero-order chi connectivity index (χ0) is 23.7. The molecule has 174 valence electrons. The maximum absolute atomic E-state index is 13.8. The number of nitrogens with zero attached hydrogens (tertiary/aromatic N) is 4. The average molecular weight is 451 g/mol. The fraction of sp³-hybridized carbons (Fsp3) is 0.360. The van der Waals surface area contributed by atoms with Crippen LogP contribution in [0.5, 0.6) is 11.5 Å². The van der Waals surface area contributed by atoms with E-state index < -0.39 is 0 Å². The summed E-state index contributed by atoms with van der Waals surface area (Å²) in [6, 6.07) is 12.8. The van der Waals surface area contributed by atoms with Crippen molar-refractivity contribution in [3.8, 4) is 11.5 Å². The summed E-state index contributed by atoms with van der Waals surface area (Å²) >= 11 is 0. The van der Waals surface area contributed by atoms with Gasteiger partial charge in [0.25, 0.3) is 11.8 Å². The smallest absolute Gasteiger partial charge is 0.282 e. The van der Waals surface area contributed by atoms with Gasteiger partial charge in [0.2, 0.25) is 0 Å². The molecule has 0 N–H and O–H groups in total. The summed E-state index contributed by atoms with van der Waals surface area (Å²) in [5, 5.41) is 0. The molecule has 2 amide bonds. The van der Waals surface area contributed by atoms with Gasteiger partial charge in [0.05, 0.1) is 25.5 Å². The van der Waals surface area contributed by atoms with Gasteiger partial charge in [-0.05, 0) is 42.9 Å². The Morgan fingerprint density at radius 1 is 0.848 bits per heavy atom. The van der Waals surface area contributed by atoms with Gasteiger partial charge in [-0.15, -0.1) is 0 Å². The van der Waals surface area contributed by atoms with Gasteiger partial charge in [-0.1, -0.05) is 12.1 Å². The molecule has 2 heterocycles. The molecular formula is C25H30N4O4. The van der Waals surface area contributed by atoms with Gasteiger partial charge in [0.15, 0.2) is 11.5 Å². The van der Waals surface area contributed by atoms with E-state index in [9.17, 15) is 9.59 Å². The first-order chi connectivity index (χ1) is 15.8. The first-order valence-electron chi connectivity index (χ1n) is 10.9. The molecule has 0 aliphatic carbocycles. The van der Waals surface area contributed by atoms with E-state index in [-0.39, 0.29) is 11.8 Å². The molecule has 2 aromatic rings. The summed E-state index contributed by atoms with van der Waals surface area (Å²) in [5.41, 5.74) is 2.93. The van der Waals surface area contributed by atoms with Crippen LogP contribution in [0, 0.1) is 0 Å². The molecule has 2 aliphatic heterocycles. The van der Waals surface area contributed by atoms with Crippen molar-refractivity contribution in [1.82, 2.24) is 9.80 Å². The Morgan fingerprint density at radius 3 is 2.18 bits per heavy atom. The lowest BCUT2D eigenvalue weighted by Gasteiger charge is -2.34. The molecule has 0 saturated carbocycles. The molecule has 0 bridgehead atoms. The molecule has 0 radical (unpaired) electrons. The third-order valence-corrected chi connectivity index (χ3v) is 6.16. The van der Waals surface area contributed by atoms with Gasteiger partial charge in [-0.3, -0.25) is 9.59 Å². The molecule has 8 nitrogen and oxygen atoms in total. The first-order valence-corrected chi connectivity index (χ1v) is 10.9. The lowest BCUT2D eigenvalue weighted by molar-refractivity contribution is -0.120. The second-order valence-electron chi connectivity index (χ2n) is 8.44. The number of anilines is 2. The SMILES string of the molecule is COc1ccc(C2=C(N3CCN(C)CC3)C(=O)N(c3cccc(N(C)C)c3)C2=O)cc1OC. The number of benzene rings is 2. The van der Waals surface area contributed by atoms with E-state index in [0.717, 1.165) is 18.8 Å². The minimum absolute atomic E-state index is 0.301. The predicted molar refractivity (Wildman–Crippen MR) is 129 cm³/mol. The van der Waals surface area contributed by atoms with Crippen LogP contribution in [0.25, 0.3) is 5.57 Å². The number of ether oxygens (including phenoxy) is 2. The molecule has 0 atom stereocenters. The Labute approximate surface area is 194 Å². The van der Waals surface area contributed by atoms with Crippen LogP contribution in [0.15, 0.2) is 48.2 Å². The van der Waals surface area contributed by atoms with E-state index in [1.807, 2.05) is 42.1 Å². The number of likely N-dealkylation sites (N-methyl/N-ethyl adjacent to an activating group) is 1. The maximum atomic E-state index is 13.8. The van der Waals surface area contributed by atoms with Crippen LogP contribution in [-0.4, -0.2) is 83.2 Å². The van der Waals surface area contributed by atoms with Crippen molar-refractivity contribution in [2.45, 2.75) is 0 Å². The Kier molecular flexibility index (Phi) is 6.29. The Bertz CT molecular complexity index is 1100. The van der Waals surface area contributed by atoms with Gasteiger partial charge in [-0.25, -0.2) is 4.90 Å². The van der Waals surface area contributed by atoms with Crippen molar-refractivity contribution >= 4 is 28.8 Å². The lowest BCUT2D eigenvalue weighted by Crippen LogP contribution is -2.46. The summed E-state index contributed by atoms with van der Waals surface area (Å²) in [7, 11) is 9.03. The monoisotopic (exact) mass is 450 g/mol. The van der Waals surface area contributed by atoms with Crippen LogP contribution in [0.3, 0.4) is 0 Å². The molecule has 2 aromatic carbocycles. The predicted octanol–water partition coefficient (Wildman–Crippen LogP) is 2.30. The molecule has 1 saturated heterocycles. The van der Waals surface area contributed by atoms with E-state index >= 15 is 0 Å². The Hall–Kier alpha value is -3.52. The van der Waals surface area contributed by atoms with E-state index in [4.69, 9.17) is 9.47 Å². The van der Waals surface area contributed by atoms with E-state index in [0.29, 0.717) is 47.1 Å². The van der Waals surface area contributed by atoms with E-state index in [1.54, 1.807) is 38.5 Å². The minimum atomic E-state index is -0.336. The summed E-state index contributed by atoms with van der Waals surface area (Å²) in [6.45, 7) is 2.99. The third-order valence-electron chi connectivity index (χ3n) is 6.16. The highest BCUT2D eigenvalue weighted by Crippen LogP contribution is 2.38. The molecular weight excluding hydrogens is 420 g/mol. The van der Waals surface area contributed by atoms with Crippen molar-refractivity contribution in [3.63, 3.8) is 0 Å².